The highest BCUT2D eigenvalue weighted by molar-refractivity contribution is 7.16. The molecular formula is C14H15ClN2OS2. The minimum absolute atomic E-state index is 0.0490. The zero-order valence-corrected chi connectivity index (χ0v) is 13.4. The van der Waals surface area contributed by atoms with Crippen LogP contribution in [-0.2, 0) is 4.79 Å². The summed E-state index contributed by atoms with van der Waals surface area (Å²) in [7, 11) is 1.85. The SMILES string of the molecule is CN1CCC(NC(c2cccs2)c2ccc(Cl)s2)C1=O. The number of amides is 1. The minimum atomic E-state index is -0.104. The first-order chi connectivity index (χ1) is 9.65. The van der Waals surface area contributed by atoms with E-state index in [2.05, 4.69) is 16.8 Å². The van der Waals surface area contributed by atoms with Crippen molar-refractivity contribution in [2.75, 3.05) is 13.6 Å². The average Bonchev–Trinajstić information content (AvgIpc) is 3.14. The molecule has 0 bridgehead atoms. The van der Waals surface area contributed by atoms with Gasteiger partial charge in [0.25, 0.3) is 0 Å². The third kappa shape index (κ3) is 2.76. The second-order valence-electron chi connectivity index (χ2n) is 4.86. The van der Waals surface area contributed by atoms with E-state index in [0.29, 0.717) is 0 Å². The van der Waals surface area contributed by atoms with Gasteiger partial charge >= 0.3 is 0 Å². The zero-order chi connectivity index (χ0) is 14.1. The fraction of sp³-hybridized carbons (Fsp3) is 0.357. The molecule has 3 heterocycles. The molecule has 3 nitrogen and oxygen atoms in total. The van der Waals surface area contributed by atoms with E-state index in [0.717, 1.165) is 22.2 Å². The highest BCUT2D eigenvalue weighted by Gasteiger charge is 2.32. The van der Waals surface area contributed by atoms with Crippen molar-refractivity contribution in [1.82, 2.24) is 10.2 Å². The predicted molar refractivity (Wildman–Crippen MR) is 84.7 cm³/mol. The van der Waals surface area contributed by atoms with E-state index >= 15 is 0 Å². The van der Waals surface area contributed by atoms with Crippen LogP contribution in [0.15, 0.2) is 29.6 Å². The van der Waals surface area contributed by atoms with Gasteiger partial charge in [-0.2, -0.15) is 0 Å². The molecule has 0 saturated carbocycles. The molecule has 1 N–H and O–H groups in total. The van der Waals surface area contributed by atoms with Gasteiger partial charge in [-0.25, -0.2) is 0 Å². The largest absolute Gasteiger partial charge is 0.344 e. The van der Waals surface area contributed by atoms with Crippen LogP contribution in [0.1, 0.15) is 22.2 Å². The third-order valence-corrected chi connectivity index (χ3v) is 5.73. The van der Waals surface area contributed by atoms with Crippen LogP contribution >= 0.6 is 34.3 Å². The molecular weight excluding hydrogens is 312 g/mol. The van der Waals surface area contributed by atoms with Crippen LogP contribution in [0.5, 0.6) is 0 Å². The molecule has 0 radical (unpaired) electrons. The Morgan fingerprint density at radius 1 is 1.40 bits per heavy atom. The summed E-state index contributed by atoms with van der Waals surface area (Å²) < 4.78 is 0.776. The van der Waals surface area contributed by atoms with Crippen molar-refractivity contribution in [2.24, 2.45) is 0 Å². The molecule has 0 aromatic carbocycles. The van der Waals surface area contributed by atoms with E-state index in [4.69, 9.17) is 11.6 Å². The van der Waals surface area contributed by atoms with Gasteiger partial charge in [-0.05, 0) is 30.0 Å². The molecule has 0 spiro atoms. The summed E-state index contributed by atoms with van der Waals surface area (Å²) in [6, 6.07) is 8.02. The van der Waals surface area contributed by atoms with Crippen molar-refractivity contribution in [3.63, 3.8) is 0 Å². The van der Waals surface area contributed by atoms with Crippen molar-refractivity contribution < 1.29 is 4.79 Å². The van der Waals surface area contributed by atoms with Crippen LogP contribution in [0.2, 0.25) is 4.34 Å². The molecule has 2 unspecified atom stereocenters. The Hall–Kier alpha value is -0.880. The second kappa shape index (κ2) is 5.85. The van der Waals surface area contributed by atoms with Crippen molar-refractivity contribution >= 4 is 40.2 Å². The van der Waals surface area contributed by atoms with Gasteiger partial charge in [0, 0.05) is 23.3 Å². The van der Waals surface area contributed by atoms with Crippen molar-refractivity contribution in [2.45, 2.75) is 18.5 Å². The van der Waals surface area contributed by atoms with Gasteiger partial charge in [0.05, 0.1) is 16.4 Å². The third-order valence-electron chi connectivity index (χ3n) is 3.50. The van der Waals surface area contributed by atoms with Crippen molar-refractivity contribution in [1.29, 1.82) is 0 Å². The van der Waals surface area contributed by atoms with Crippen molar-refractivity contribution in [3.05, 3.63) is 43.7 Å². The highest BCUT2D eigenvalue weighted by atomic mass is 35.5. The van der Waals surface area contributed by atoms with Gasteiger partial charge in [0.1, 0.15) is 0 Å². The number of rotatable bonds is 4. The normalized spacial score (nSPS) is 20.6. The Labute approximate surface area is 131 Å². The average molecular weight is 327 g/mol. The number of hydrogen-bond donors (Lipinski definition) is 1. The topological polar surface area (TPSA) is 32.3 Å². The van der Waals surface area contributed by atoms with Crippen LogP contribution in [0, 0.1) is 0 Å². The van der Waals surface area contributed by atoms with E-state index in [1.165, 1.54) is 4.88 Å². The quantitative estimate of drug-likeness (QED) is 0.934. The predicted octanol–water partition coefficient (Wildman–Crippen LogP) is 3.37. The lowest BCUT2D eigenvalue weighted by Crippen LogP contribution is -2.39. The second-order valence-corrected chi connectivity index (χ2v) is 7.58. The van der Waals surface area contributed by atoms with Gasteiger partial charge in [0.2, 0.25) is 5.91 Å². The molecule has 2 atom stereocenters. The first-order valence-electron chi connectivity index (χ1n) is 6.45. The molecule has 2 aromatic heterocycles. The molecule has 1 aliphatic heterocycles. The number of likely N-dealkylation sites (tertiary alicyclic amines) is 1. The number of carbonyl (C=O) groups excluding carboxylic acids is 1. The number of likely N-dealkylation sites (N-methyl/N-ethyl adjacent to an activating group) is 1. The molecule has 1 aliphatic rings. The number of hydrogen-bond acceptors (Lipinski definition) is 4. The van der Waals surface area contributed by atoms with Gasteiger partial charge in [0.15, 0.2) is 0 Å². The molecule has 1 saturated heterocycles. The van der Waals surface area contributed by atoms with Crippen LogP contribution in [0.3, 0.4) is 0 Å². The molecule has 20 heavy (non-hydrogen) atoms. The Kier molecular flexibility index (Phi) is 4.12. The van der Waals surface area contributed by atoms with Crippen LogP contribution < -0.4 is 5.32 Å². The Morgan fingerprint density at radius 3 is 2.80 bits per heavy atom. The molecule has 106 valence electrons. The van der Waals surface area contributed by atoms with E-state index in [1.807, 2.05) is 25.2 Å². The van der Waals surface area contributed by atoms with E-state index < -0.39 is 0 Å². The first-order valence-corrected chi connectivity index (χ1v) is 8.52. The summed E-state index contributed by atoms with van der Waals surface area (Å²) in [5, 5.41) is 5.56. The maximum Gasteiger partial charge on any atom is 0.239 e. The Balaban J connectivity index is 1.85. The standard InChI is InChI=1S/C14H15ClN2OS2/c1-17-7-6-9(14(17)18)16-13(10-3-2-8-19-10)11-4-5-12(15)20-11/h2-5,8-9,13,16H,6-7H2,1H3. The van der Waals surface area contributed by atoms with Gasteiger partial charge in [-0.1, -0.05) is 17.7 Å². The van der Waals surface area contributed by atoms with Crippen LogP contribution in [0.25, 0.3) is 0 Å². The maximum atomic E-state index is 12.1. The minimum Gasteiger partial charge on any atom is -0.344 e. The number of nitrogens with zero attached hydrogens (tertiary/aromatic N) is 1. The Bertz CT molecular complexity index is 596. The zero-order valence-electron chi connectivity index (χ0n) is 11.0. The molecule has 1 fully saturated rings. The lowest BCUT2D eigenvalue weighted by molar-refractivity contribution is -0.128. The monoisotopic (exact) mass is 326 g/mol. The highest BCUT2D eigenvalue weighted by Crippen LogP contribution is 2.34. The molecule has 6 heteroatoms. The number of carbonyl (C=O) groups is 1. The molecule has 3 rings (SSSR count). The van der Waals surface area contributed by atoms with Crippen LogP contribution in [0.4, 0.5) is 0 Å². The molecule has 2 aromatic rings. The van der Waals surface area contributed by atoms with E-state index in [1.54, 1.807) is 27.6 Å². The lowest BCUT2D eigenvalue weighted by Gasteiger charge is -2.20. The number of nitrogens with one attached hydrogen (secondary N) is 1. The molecule has 1 amide bonds. The van der Waals surface area contributed by atoms with Gasteiger partial charge < -0.3 is 4.90 Å². The summed E-state index contributed by atoms with van der Waals surface area (Å²) in [5.41, 5.74) is 0. The Morgan fingerprint density at radius 2 is 2.25 bits per heavy atom. The fourth-order valence-electron chi connectivity index (χ4n) is 2.42. The smallest absolute Gasteiger partial charge is 0.239 e. The number of thiophene rings is 2. The maximum absolute atomic E-state index is 12.1. The lowest BCUT2D eigenvalue weighted by atomic mass is 10.1. The summed E-state index contributed by atoms with van der Waals surface area (Å²) in [5.74, 6) is 0.175. The summed E-state index contributed by atoms with van der Waals surface area (Å²) in [6.45, 7) is 0.818. The number of halogens is 1. The fourth-order valence-corrected chi connectivity index (χ4v) is 4.44. The molecule has 0 aliphatic carbocycles. The van der Waals surface area contributed by atoms with E-state index in [-0.39, 0.29) is 18.0 Å². The first kappa shape index (κ1) is 14.1. The van der Waals surface area contributed by atoms with Crippen molar-refractivity contribution in [3.8, 4) is 0 Å². The summed E-state index contributed by atoms with van der Waals surface area (Å²) in [4.78, 5) is 16.2. The summed E-state index contributed by atoms with van der Waals surface area (Å²) >= 11 is 9.31. The van der Waals surface area contributed by atoms with Gasteiger partial charge in [-0.3, -0.25) is 10.1 Å². The van der Waals surface area contributed by atoms with Gasteiger partial charge in [-0.15, -0.1) is 22.7 Å². The summed E-state index contributed by atoms with van der Waals surface area (Å²) in [6.07, 6.45) is 0.857. The van der Waals surface area contributed by atoms with E-state index in [9.17, 15) is 4.79 Å². The van der Waals surface area contributed by atoms with Crippen LogP contribution in [-0.4, -0.2) is 30.4 Å².